The second-order valence-corrected chi connectivity index (χ2v) is 6.19. The predicted molar refractivity (Wildman–Crippen MR) is 85.6 cm³/mol. The van der Waals surface area contributed by atoms with Gasteiger partial charge in [0.1, 0.15) is 0 Å². The van der Waals surface area contributed by atoms with Crippen molar-refractivity contribution in [3.05, 3.63) is 17.5 Å². The van der Waals surface area contributed by atoms with Crippen molar-refractivity contribution in [2.75, 3.05) is 25.1 Å². The van der Waals surface area contributed by atoms with Gasteiger partial charge in [0, 0.05) is 50.2 Å². The third kappa shape index (κ3) is 4.93. The van der Waals surface area contributed by atoms with Gasteiger partial charge >= 0.3 is 0 Å². The molecule has 0 bridgehead atoms. The average Bonchev–Trinajstić information content (AvgIpc) is 2.46. The van der Waals surface area contributed by atoms with Crippen LogP contribution < -0.4 is 10.2 Å². The lowest BCUT2D eigenvalue weighted by atomic mass is 10.1. The first kappa shape index (κ1) is 16.2. The molecule has 1 N–H and O–H groups in total. The lowest BCUT2D eigenvalue weighted by Crippen LogP contribution is -2.34. The fraction of sp³-hybridized carbons (Fsp3) is 0.750. The van der Waals surface area contributed by atoms with Crippen LogP contribution in [0.2, 0.25) is 0 Å². The highest BCUT2D eigenvalue weighted by Gasteiger charge is 2.17. The van der Waals surface area contributed by atoms with Gasteiger partial charge in [-0.1, -0.05) is 13.8 Å². The smallest absolute Gasteiger partial charge is 0.225 e. The van der Waals surface area contributed by atoms with Crippen LogP contribution in [0.3, 0.4) is 0 Å². The molecular weight excluding hydrogens is 264 g/mol. The van der Waals surface area contributed by atoms with Gasteiger partial charge in [0.15, 0.2) is 0 Å². The number of rotatable bonds is 6. The van der Waals surface area contributed by atoms with E-state index in [0.29, 0.717) is 12.1 Å². The van der Waals surface area contributed by atoms with Crippen LogP contribution in [0, 0.1) is 6.92 Å². The van der Waals surface area contributed by atoms with Crippen molar-refractivity contribution in [2.45, 2.75) is 58.7 Å². The number of ether oxygens (including phenoxy) is 1. The van der Waals surface area contributed by atoms with E-state index in [4.69, 9.17) is 4.74 Å². The van der Waals surface area contributed by atoms with Crippen molar-refractivity contribution < 1.29 is 4.74 Å². The maximum Gasteiger partial charge on any atom is 0.225 e. The van der Waals surface area contributed by atoms with Crippen molar-refractivity contribution in [3.8, 4) is 0 Å². The van der Waals surface area contributed by atoms with Gasteiger partial charge in [-0.15, -0.1) is 0 Å². The highest BCUT2D eigenvalue weighted by Crippen LogP contribution is 2.16. The Hall–Kier alpha value is -1.20. The zero-order chi connectivity index (χ0) is 15.2. The molecule has 118 valence electrons. The zero-order valence-electron chi connectivity index (χ0n) is 13.7. The van der Waals surface area contributed by atoms with Gasteiger partial charge in [-0.05, 0) is 26.2 Å². The van der Waals surface area contributed by atoms with Crippen molar-refractivity contribution in [3.63, 3.8) is 0 Å². The van der Waals surface area contributed by atoms with Crippen molar-refractivity contribution in [2.24, 2.45) is 0 Å². The molecule has 0 amide bonds. The van der Waals surface area contributed by atoms with Crippen LogP contribution in [-0.4, -0.2) is 42.3 Å². The number of anilines is 1. The third-order valence-corrected chi connectivity index (χ3v) is 3.86. The van der Waals surface area contributed by atoms with Gasteiger partial charge in [-0.3, -0.25) is 0 Å². The van der Waals surface area contributed by atoms with E-state index in [1.807, 2.05) is 20.2 Å². The summed E-state index contributed by atoms with van der Waals surface area (Å²) in [4.78, 5) is 11.2. The topological polar surface area (TPSA) is 50.3 Å². The molecular formula is C16H28N4O. The van der Waals surface area contributed by atoms with E-state index < -0.39 is 0 Å². The van der Waals surface area contributed by atoms with E-state index >= 15 is 0 Å². The Balaban J connectivity index is 1.94. The van der Waals surface area contributed by atoms with Crippen LogP contribution in [0.15, 0.2) is 6.20 Å². The zero-order valence-corrected chi connectivity index (χ0v) is 13.7. The maximum absolute atomic E-state index is 5.78. The average molecular weight is 292 g/mol. The Morgan fingerprint density at radius 1 is 1.43 bits per heavy atom. The molecule has 1 aromatic heterocycles. The summed E-state index contributed by atoms with van der Waals surface area (Å²) in [6, 6.07) is 0.468. The minimum Gasteiger partial charge on any atom is -0.376 e. The van der Waals surface area contributed by atoms with Crippen LogP contribution in [0.4, 0.5) is 5.95 Å². The van der Waals surface area contributed by atoms with Gasteiger partial charge in [0.2, 0.25) is 5.95 Å². The molecule has 5 nitrogen and oxygen atoms in total. The molecule has 0 aliphatic carbocycles. The van der Waals surface area contributed by atoms with E-state index in [1.165, 1.54) is 12.8 Å². The molecule has 1 aromatic rings. The molecule has 1 aliphatic rings. The minimum absolute atomic E-state index is 0.315. The second kappa shape index (κ2) is 7.71. The van der Waals surface area contributed by atoms with Crippen LogP contribution in [0.5, 0.6) is 0 Å². The molecule has 2 heterocycles. The molecule has 1 aliphatic heterocycles. The summed E-state index contributed by atoms with van der Waals surface area (Å²) >= 11 is 0. The van der Waals surface area contributed by atoms with Gasteiger partial charge in [0.05, 0.1) is 6.10 Å². The van der Waals surface area contributed by atoms with Gasteiger partial charge in [0.25, 0.3) is 0 Å². The van der Waals surface area contributed by atoms with Crippen molar-refractivity contribution >= 4 is 5.95 Å². The number of hydrogen-bond donors (Lipinski definition) is 1. The lowest BCUT2D eigenvalue weighted by Gasteiger charge is -2.27. The molecule has 1 saturated heterocycles. The molecule has 0 radical (unpaired) electrons. The number of nitrogens with zero attached hydrogens (tertiary/aromatic N) is 3. The summed E-state index contributed by atoms with van der Waals surface area (Å²) in [6.45, 7) is 8.90. The molecule has 1 fully saturated rings. The first-order valence-corrected chi connectivity index (χ1v) is 7.95. The maximum atomic E-state index is 5.78. The molecule has 21 heavy (non-hydrogen) atoms. The Morgan fingerprint density at radius 2 is 2.24 bits per heavy atom. The molecule has 0 spiro atoms. The summed E-state index contributed by atoms with van der Waals surface area (Å²) < 4.78 is 5.78. The fourth-order valence-corrected chi connectivity index (χ4v) is 2.49. The number of aromatic nitrogens is 2. The van der Waals surface area contributed by atoms with E-state index in [1.54, 1.807) is 0 Å². The standard InChI is InChI=1S/C16H28N4O/c1-12(2)17-9-14-10-18-16(19-13(14)3)20(4)11-15-7-5-6-8-21-15/h10,12,15,17H,5-9,11H2,1-4H3. The summed E-state index contributed by atoms with van der Waals surface area (Å²) in [5.41, 5.74) is 2.21. The van der Waals surface area contributed by atoms with E-state index in [0.717, 1.165) is 43.3 Å². The summed E-state index contributed by atoms with van der Waals surface area (Å²) in [7, 11) is 2.04. The normalized spacial score (nSPS) is 19.0. The second-order valence-electron chi connectivity index (χ2n) is 6.19. The van der Waals surface area contributed by atoms with Crippen LogP contribution in [0.1, 0.15) is 44.4 Å². The van der Waals surface area contributed by atoms with Gasteiger partial charge in [-0.25, -0.2) is 9.97 Å². The number of hydrogen-bond acceptors (Lipinski definition) is 5. The van der Waals surface area contributed by atoms with Crippen molar-refractivity contribution in [1.82, 2.24) is 15.3 Å². The van der Waals surface area contributed by atoms with Gasteiger partial charge in [-0.2, -0.15) is 0 Å². The Kier molecular flexibility index (Phi) is 5.94. The van der Waals surface area contributed by atoms with Crippen LogP contribution >= 0.6 is 0 Å². The molecule has 2 rings (SSSR count). The van der Waals surface area contributed by atoms with E-state index in [2.05, 4.69) is 34.0 Å². The summed E-state index contributed by atoms with van der Waals surface area (Å²) in [5, 5.41) is 3.40. The predicted octanol–water partition coefficient (Wildman–Crippen LogP) is 2.29. The summed E-state index contributed by atoms with van der Waals surface area (Å²) in [6.07, 6.45) is 5.84. The van der Waals surface area contributed by atoms with Crippen molar-refractivity contribution in [1.29, 1.82) is 0 Å². The molecule has 0 aromatic carbocycles. The summed E-state index contributed by atoms with van der Waals surface area (Å²) in [5.74, 6) is 0.787. The molecule has 0 saturated carbocycles. The molecule has 1 unspecified atom stereocenters. The largest absolute Gasteiger partial charge is 0.376 e. The van der Waals surface area contributed by atoms with Crippen LogP contribution in [0.25, 0.3) is 0 Å². The lowest BCUT2D eigenvalue weighted by molar-refractivity contribution is 0.0214. The fourth-order valence-electron chi connectivity index (χ4n) is 2.49. The van der Waals surface area contributed by atoms with E-state index in [9.17, 15) is 0 Å². The van der Waals surface area contributed by atoms with Gasteiger partial charge < -0.3 is 15.0 Å². The molecule has 5 heteroatoms. The molecule has 1 atom stereocenters. The Morgan fingerprint density at radius 3 is 2.86 bits per heavy atom. The quantitative estimate of drug-likeness (QED) is 0.872. The number of nitrogens with one attached hydrogen (secondary N) is 1. The monoisotopic (exact) mass is 292 g/mol. The highest BCUT2D eigenvalue weighted by atomic mass is 16.5. The first-order valence-electron chi connectivity index (χ1n) is 7.95. The highest BCUT2D eigenvalue weighted by molar-refractivity contribution is 5.32. The SMILES string of the molecule is Cc1nc(N(C)CC2CCCCO2)ncc1CNC(C)C. The number of aryl methyl sites for hydroxylation is 1. The Labute approximate surface area is 128 Å². The minimum atomic E-state index is 0.315. The van der Waals surface area contributed by atoms with E-state index in [-0.39, 0.29) is 0 Å². The third-order valence-electron chi connectivity index (χ3n) is 3.86. The number of likely N-dealkylation sites (N-methyl/N-ethyl adjacent to an activating group) is 1. The van der Waals surface area contributed by atoms with Crippen LogP contribution in [-0.2, 0) is 11.3 Å². The first-order chi connectivity index (χ1) is 10.1. The Bertz CT molecular complexity index is 444.